The first-order valence-electron chi connectivity index (χ1n) is 5.05. The van der Waals surface area contributed by atoms with E-state index in [4.69, 9.17) is 4.74 Å². The van der Waals surface area contributed by atoms with E-state index in [1.165, 1.54) is 19.1 Å². The molecule has 1 rings (SSSR count). The minimum atomic E-state index is -1.81. The van der Waals surface area contributed by atoms with E-state index in [1.54, 1.807) is 13.8 Å². The van der Waals surface area contributed by atoms with Gasteiger partial charge in [-0.15, -0.1) is 0 Å². The van der Waals surface area contributed by atoms with E-state index in [1.807, 2.05) is 0 Å². The summed E-state index contributed by atoms with van der Waals surface area (Å²) < 4.78 is 18.0. The molecule has 3 nitrogen and oxygen atoms in total. The average Bonchev–Trinajstić information content (AvgIpc) is 2.22. The summed E-state index contributed by atoms with van der Waals surface area (Å²) in [6, 6.07) is 4.17. The third kappa shape index (κ3) is 2.39. The molecule has 0 bridgehead atoms. The van der Waals surface area contributed by atoms with Crippen LogP contribution in [0.15, 0.2) is 18.2 Å². The van der Waals surface area contributed by atoms with Crippen LogP contribution in [0.3, 0.4) is 0 Å². The molecule has 0 spiro atoms. The van der Waals surface area contributed by atoms with E-state index in [0.29, 0.717) is 5.56 Å². The predicted octanol–water partition coefficient (Wildman–Crippen LogP) is 1.90. The summed E-state index contributed by atoms with van der Waals surface area (Å²) in [6.45, 7) is 4.71. The van der Waals surface area contributed by atoms with Crippen molar-refractivity contribution < 1.29 is 19.0 Å². The maximum absolute atomic E-state index is 13.3. The van der Waals surface area contributed by atoms with Crippen LogP contribution >= 0.6 is 0 Å². The van der Waals surface area contributed by atoms with E-state index in [-0.39, 0.29) is 12.2 Å². The molecule has 1 unspecified atom stereocenters. The number of aliphatic hydroxyl groups is 1. The molecule has 0 heterocycles. The summed E-state index contributed by atoms with van der Waals surface area (Å²) in [5.41, 5.74) is -1.16. The number of carbonyl (C=O) groups excluding carboxylic acids is 1. The molecule has 1 N–H and O–H groups in total. The fraction of sp³-hybridized carbons (Fsp3) is 0.417. The number of hydrogen-bond donors (Lipinski definition) is 1. The van der Waals surface area contributed by atoms with Crippen LogP contribution in [-0.4, -0.2) is 17.7 Å². The zero-order chi connectivity index (χ0) is 12.3. The molecular formula is C12H15FO3. The average molecular weight is 226 g/mol. The quantitative estimate of drug-likeness (QED) is 0.801. The number of carbonyl (C=O) groups is 1. The maximum Gasteiger partial charge on any atom is 0.342 e. The first kappa shape index (κ1) is 12.6. The first-order valence-corrected chi connectivity index (χ1v) is 5.05. The Morgan fingerprint density at radius 2 is 2.19 bits per heavy atom. The van der Waals surface area contributed by atoms with Crippen molar-refractivity contribution in [1.29, 1.82) is 0 Å². The Morgan fingerprint density at radius 1 is 1.56 bits per heavy atom. The van der Waals surface area contributed by atoms with Crippen LogP contribution in [0.4, 0.5) is 4.39 Å². The highest BCUT2D eigenvalue weighted by Crippen LogP contribution is 2.24. The van der Waals surface area contributed by atoms with Crippen LogP contribution in [0.2, 0.25) is 0 Å². The van der Waals surface area contributed by atoms with E-state index in [0.717, 1.165) is 6.07 Å². The Kier molecular flexibility index (Phi) is 3.65. The molecule has 0 aliphatic rings. The number of halogens is 1. The molecule has 1 atom stereocenters. The van der Waals surface area contributed by atoms with Gasteiger partial charge < -0.3 is 9.84 Å². The minimum Gasteiger partial charge on any atom is -0.464 e. The highest BCUT2D eigenvalue weighted by Gasteiger charge is 2.34. The highest BCUT2D eigenvalue weighted by molar-refractivity contribution is 5.80. The Labute approximate surface area is 93.9 Å². The summed E-state index contributed by atoms with van der Waals surface area (Å²) in [5, 5.41) is 9.96. The number of hydrogen-bond acceptors (Lipinski definition) is 3. The van der Waals surface area contributed by atoms with Gasteiger partial charge in [0.05, 0.1) is 6.61 Å². The predicted molar refractivity (Wildman–Crippen MR) is 57.3 cm³/mol. The van der Waals surface area contributed by atoms with Gasteiger partial charge in [0.1, 0.15) is 5.82 Å². The number of benzene rings is 1. The number of rotatable bonds is 3. The van der Waals surface area contributed by atoms with Gasteiger partial charge in [-0.05, 0) is 38.0 Å². The summed E-state index contributed by atoms with van der Waals surface area (Å²) in [6.07, 6.45) is 0. The molecule has 0 radical (unpaired) electrons. The lowest BCUT2D eigenvalue weighted by atomic mass is 9.95. The third-order valence-corrected chi connectivity index (χ3v) is 2.41. The first-order chi connectivity index (χ1) is 7.39. The molecule has 0 fully saturated rings. The Morgan fingerprint density at radius 3 is 2.69 bits per heavy atom. The van der Waals surface area contributed by atoms with Crippen molar-refractivity contribution in [2.45, 2.75) is 26.4 Å². The Hall–Kier alpha value is -1.42. The largest absolute Gasteiger partial charge is 0.464 e. The van der Waals surface area contributed by atoms with Crippen molar-refractivity contribution in [1.82, 2.24) is 0 Å². The molecule has 16 heavy (non-hydrogen) atoms. The molecule has 88 valence electrons. The van der Waals surface area contributed by atoms with Crippen molar-refractivity contribution in [3.63, 3.8) is 0 Å². The zero-order valence-electron chi connectivity index (χ0n) is 9.58. The molecule has 0 aliphatic heterocycles. The lowest BCUT2D eigenvalue weighted by Gasteiger charge is -2.21. The Bertz CT molecular complexity index is 399. The van der Waals surface area contributed by atoms with Gasteiger partial charge in [-0.25, -0.2) is 9.18 Å². The fourth-order valence-electron chi connectivity index (χ4n) is 1.29. The summed E-state index contributed by atoms with van der Waals surface area (Å²) >= 11 is 0. The molecular weight excluding hydrogens is 211 g/mol. The van der Waals surface area contributed by atoms with Crippen LogP contribution in [0.25, 0.3) is 0 Å². The number of aryl methyl sites for hydroxylation is 1. The summed E-state index contributed by atoms with van der Waals surface area (Å²) in [5.74, 6) is -1.24. The van der Waals surface area contributed by atoms with Crippen molar-refractivity contribution in [3.8, 4) is 0 Å². The zero-order valence-corrected chi connectivity index (χ0v) is 9.58. The maximum atomic E-state index is 13.3. The van der Waals surface area contributed by atoms with Crippen LogP contribution in [0.1, 0.15) is 25.0 Å². The molecule has 1 aromatic carbocycles. The van der Waals surface area contributed by atoms with E-state index < -0.39 is 17.4 Å². The minimum absolute atomic E-state index is 0.170. The molecule has 0 aromatic heterocycles. The molecule has 4 heteroatoms. The van der Waals surface area contributed by atoms with Crippen molar-refractivity contribution in [2.24, 2.45) is 0 Å². The standard InChI is InChI=1S/C12H15FO3/c1-4-16-11(14)12(3,15)9-6-5-8(2)10(13)7-9/h5-7,15H,4H2,1-3H3. The van der Waals surface area contributed by atoms with Crippen molar-refractivity contribution >= 4 is 5.97 Å². The summed E-state index contributed by atoms with van der Waals surface area (Å²) in [4.78, 5) is 11.5. The number of esters is 1. The number of ether oxygens (including phenoxy) is 1. The van der Waals surface area contributed by atoms with Crippen molar-refractivity contribution in [2.75, 3.05) is 6.61 Å². The fourth-order valence-corrected chi connectivity index (χ4v) is 1.29. The van der Waals surface area contributed by atoms with Gasteiger partial charge in [-0.2, -0.15) is 0 Å². The highest BCUT2D eigenvalue weighted by atomic mass is 19.1. The van der Waals surface area contributed by atoms with Crippen molar-refractivity contribution in [3.05, 3.63) is 35.1 Å². The monoisotopic (exact) mass is 226 g/mol. The molecule has 0 amide bonds. The Balaban J connectivity index is 3.06. The smallest absolute Gasteiger partial charge is 0.342 e. The molecule has 0 aliphatic carbocycles. The molecule has 0 saturated carbocycles. The lowest BCUT2D eigenvalue weighted by Crippen LogP contribution is -2.34. The van der Waals surface area contributed by atoms with Gasteiger partial charge in [0.25, 0.3) is 0 Å². The van der Waals surface area contributed by atoms with Gasteiger partial charge in [0.15, 0.2) is 5.60 Å². The van der Waals surface area contributed by atoms with Gasteiger partial charge in [0, 0.05) is 0 Å². The topological polar surface area (TPSA) is 46.5 Å². The lowest BCUT2D eigenvalue weighted by molar-refractivity contribution is -0.164. The second kappa shape index (κ2) is 4.61. The van der Waals surface area contributed by atoms with Crippen LogP contribution in [0.5, 0.6) is 0 Å². The normalized spacial score (nSPS) is 14.3. The van der Waals surface area contributed by atoms with Crippen LogP contribution in [-0.2, 0) is 15.1 Å². The van der Waals surface area contributed by atoms with E-state index >= 15 is 0 Å². The second-order valence-electron chi connectivity index (χ2n) is 3.76. The van der Waals surface area contributed by atoms with Crippen LogP contribution in [0, 0.1) is 12.7 Å². The van der Waals surface area contributed by atoms with Gasteiger partial charge in [0.2, 0.25) is 0 Å². The molecule has 0 saturated heterocycles. The third-order valence-electron chi connectivity index (χ3n) is 2.41. The van der Waals surface area contributed by atoms with Crippen LogP contribution < -0.4 is 0 Å². The van der Waals surface area contributed by atoms with Gasteiger partial charge >= 0.3 is 5.97 Å². The molecule has 1 aromatic rings. The van der Waals surface area contributed by atoms with Gasteiger partial charge in [-0.3, -0.25) is 0 Å². The summed E-state index contributed by atoms with van der Waals surface area (Å²) in [7, 11) is 0. The van der Waals surface area contributed by atoms with E-state index in [9.17, 15) is 14.3 Å². The SMILES string of the molecule is CCOC(=O)C(C)(O)c1ccc(C)c(F)c1. The van der Waals surface area contributed by atoms with Gasteiger partial charge in [-0.1, -0.05) is 12.1 Å². The van der Waals surface area contributed by atoms with E-state index in [2.05, 4.69) is 0 Å². The second-order valence-corrected chi connectivity index (χ2v) is 3.76.